The van der Waals surface area contributed by atoms with E-state index >= 15 is 0 Å². The van der Waals surface area contributed by atoms with Crippen LogP contribution in [0.1, 0.15) is 56.9 Å². The van der Waals surface area contributed by atoms with E-state index in [9.17, 15) is 14.4 Å². The molecule has 1 aromatic carbocycles. The molecule has 1 fully saturated rings. The van der Waals surface area contributed by atoms with Crippen LogP contribution in [-0.2, 0) is 20.8 Å². The number of fused-ring (bicyclic) bond motifs is 1. The van der Waals surface area contributed by atoms with Gasteiger partial charge in [-0.3, -0.25) is 14.4 Å². The number of allylic oxidation sites excluding steroid dienone is 1. The van der Waals surface area contributed by atoms with E-state index in [2.05, 4.69) is 16.7 Å². The van der Waals surface area contributed by atoms with Gasteiger partial charge in [0.25, 0.3) is 0 Å². The number of benzene rings is 1. The van der Waals surface area contributed by atoms with Crippen molar-refractivity contribution >= 4 is 29.1 Å². The highest BCUT2D eigenvalue weighted by Gasteiger charge is 2.35. The van der Waals surface area contributed by atoms with Gasteiger partial charge in [-0.2, -0.15) is 0 Å². The maximum Gasteiger partial charge on any atom is 0.313 e. The molecule has 0 aromatic heterocycles. The predicted molar refractivity (Wildman–Crippen MR) is 113 cm³/mol. The van der Waals surface area contributed by atoms with Gasteiger partial charge in [0, 0.05) is 30.4 Å². The van der Waals surface area contributed by atoms with Crippen LogP contribution >= 0.6 is 0 Å². The molecule has 4 rings (SSSR count). The molecular formula is C23H29N3O3. The number of nitrogens with zero attached hydrogens (tertiary/aromatic N) is 1. The largest absolute Gasteiger partial charge is 0.348 e. The third kappa shape index (κ3) is 4.86. The standard InChI is InChI=1S/C23H29N3O3/c27-21(24-13-12-16-5-2-1-3-6-16)22(28)25-19-11-10-17-7-4-14-26(20(17)15-19)23(29)18-8-9-18/h5,10-11,15,18H,1-4,6-9,12-14H2,(H,24,27)(H,25,28). The maximum atomic E-state index is 12.6. The van der Waals surface area contributed by atoms with Gasteiger partial charge >= 0.3 is 11.8 Å². The van der Waals surface area contributed by atoms with Gasteiger partial charge in [-0.1, -0.05) is 17.7 Å². The summed E-state index contributed by atoms with van der Waals surface area (Å²) in [4.78, 5) is 38.9. The molecule has 3 aliphatic rings. The number of amides is 3. The molecule has 0 bridgehead atoms. The topological polar surface area (TPSA) is 78.5 Å². The van der Waals surface area contributed by atoms with Gasteiger partial charge in [0.1, 0.15) is 0 Å². The number of anilines is 2. The lowest BCUT2D eigenvalue weighted by Crippen LogP contribution is -2.37. The molecule has 1 aliphatic heterocycles. The summed E-state index contributed by atoms with van der Waals surface area (Å²) in [6.45, 7) is 1.20. The molecule has 0 spiro atoms. The minimum Gasteiger partial charge on any atom is -0.348 e. The van der Waals surface area contributed by atoms with Gasteiger partial charge in [-0.05, 0) is 75.5 Å². The van der Waals surface area contributed by atoms with Crippen molar-refractivity contribution in [3.63, 3.8) is 0 Å². The minimum absolute atomic E-state index is 0.157. The van der Waals surface area contributed by atoms with E-state index < -0.39 is 11.8 Å². The molecular weight excluding hydrogens is 366 g/mol. The molecule has 1 saturated carbocycles. The number of carbonyl (C=O) groups is 3. The van der Waals surface area contributed by atoms with E-state index in [-0.39, 0.29) is 11.8 Å². The van der Waals surface area contributed by atoms with Gasteiger partial charge in [-0.25, -0.2) is 0 Å². The van der Waals surface area contributed by atoms with Gasteiger partial charge in [-0.15, -0.1) is 0 Å². The van der Waals surface area contributed by atoms with Crippen molar-refractivity contribution in [3.05, 3.63) is 35.4 Å². The fraction of sp³-hybridized carbons (Fsp3) is 0.522. The lowest BCUT2D eigenvalue weighted by molar-refractivity contribution is -0.136. The van der Waals surface area contributed by atoms with Crippen molar-refractivity contribution in [2.45, 2.75) is 57.8 Å². The first-order valence-corrected chi connectivity index (χ1v) is 10.8. The summed E-state index contributed by atoms with van der Waals surface area (Å²) in [6.07, 6.45) is 11.5. The van der Waals surface area contributed by atoms with Crippen molar-refractivity contribution < 1.29 is 14.4 Å². The average Bonchev–Trinajstić information content (AvgIpc) is 3.59. The molecule has 0 saturated heterocycles. The molecule has 3 amide bonds. The molecule has 6 nitrogen and oxygen atoms in total. The number of nitrogens with one attached hydrogen (secondary N) is 2. The zero-order valence-electron chi connectivity index (χ0n) is 16.8. The second-order valence-electron chi connectivity index (χ2n) is 8.28. The summed E-state index contributed by atoms with van der Waals surface area (Å²) in [5.41, 5.74) is 3.91. The van der Waals surface area contributed by atoms with Crippen LogP contribution in [0.3, 0.4) is 0 Å². The first-order chi connectivity index (χ1) is 14.1. The van der Waals surface area contributed by atoms with E-state index in [0.717, 1.165) is 62.7 Å². The molecule has 1 heterocycles. The van der Waals surface area contributed by atoms with E-state index in [1.807, 2.05) is 23.1 Å². The lowest BCUT2D eigenvalue weighted by atomic mass is 9.97. The van der Waals surface area contributed by atoms with Crippen LogP contribution in [0.2, 0.25) is 0 Å². The Morgan fingerprint density at radius 2 is 1.90 bits per heavy atom. The van der Waals surface area contributed by atoms with Crippen LogP contribution in [0.5, 0.6) is 0 Å². The highest BCUT2D eigenvalue weighted by Crippen LogP contribution is 2.36. The van der Waals surface area contributed by atoms with E-state index in [0.29, 0.717) is 12.2 Å². The highest BCUT2D eigenvalue weighted by molar-refractivity contribution is 6.39. The normalized spacial score (nSPS) is 18.5. The molecule has 29 heavy (non-hydrogen) atoms. The predicted octanol–water partition coefficient (Wildman–Crippen LogP) is 3.32. The number of rotatable bonds is 5. The molecule has 1 aromatic rings. The summed E-state index contributed by atoms with van der Waals surface area (Å²) in [6, 6.07) is 5.58. The van der Waals surface area contributed by atoms with Crippen LogP contribution in [0.15, 0.2) is 29.8 Å². The Hall–Kier alpha value is -2.63. The molecule has 154 valence electrons. The lowest BCUT2D eigenvalue weighted by Gasteiger charge is -2.30. The fourth-order valence-electron chi connectivity index (χ4n) is 4.17. The Morgan fingerprint density at radius 1 is 1.03 bits per heavy atom. The van der Waals surface area contributed by atoms with Crippen molar-refractivity contribution in [1.29, 1.82) is 0 Å². The fourth-order valence-corrected chi connectivity index (χ4v) is 4.17. The zero-order valence-corrected chi connectivity index (χ0v) is 16.8. The number of carbonyl (C=O) groups excluding carboxylic acids is 3. The SMILES string of the molecule is O=C(NCCC1=CCCCC1)C(=O)Nc1ccc2c(c1)N(C(=O)C1CC1)CCC2. The Bertz CT molecular complexity index is 842. The Labute approximate surface area is 171 Å². The monoisotopic (exact) mass is 395 g/mol. The second kappa shape index (κ2) is 8.80. The van der Waals surface area contributed by atoms with Crippen LogP contribution in [0.25, 0.3) is 0 Å². The maximum absolute atomic E-state index is 12.6. The third-order valence-corrected chi connectivity index (χ3v) is 5.98. The summed E-state index contributed by atoms with van der Waals surface area (Å²) in [5, 5.41) is 5.39. The van der Waals surface area contributed by atoms with Crippen molar-refractivity contribution in [3.8, 4) is 0 Å². The smallest absolute Gasteiger partial charge is 0.313 e. The Kier molecular flexibility index (Phi) is 5.97. The summed E-state index contributed by atoms with van der Waals surface area (Å²) >= 11 is 0. The molecule has 2 aliphatic carbocycles. The van der Waals surface area contributed by atoms with E-state index in [4.69, 9.17) is 0 Å². The number of hydrogen-bond acceptors (Lipinski definition) is 3. The van der Waals surface area contributed by atoms with Crippen LogP contribution in [0, 0.1) is 5.92 Å². The van der Waals surface area contributed by atoms with E-state index in [1.165, 1.54) is 18.4 Å². The summed E-state index contributed by atoms with van der Waals surface area (Å²) in [5.74, 6) is -0.947. The van der Waals surface area contributed by atoms with Gasteiger partial charge < -0.3 is 15.5 Å². The highest BCUT2D eigenvalue weighted by atomic mass is 16.2. The van der Waals surface area contributed by atoms with Crippen LogP contribution in [0.4, 0.5) is 11.4 Å². The number of aryl methyl sites for hydroxylation is 1. The van der Waals surface area contributed by atoms with Crippen LogP contribution in [-0.4, -0.2) is 30.8 Å². The molecule has 0 unspecified atom stereocenters. The van der Waals surface area contributed by atoms with Gasteiger partial charge in [0.2, 0.25) is 5.91 Å². The van der Waals surface area contributed by atoms with E-state index in [1.54, 1.807) is 0 Å². The minimum atomic E-state index is -0.668. The Balaban J connectivity index is 1.34. The van der Waals surface area contributed by atoms with Gasteiger partial charge in [0.15, 0.2) is 0 Å². The second-order valence-corrected chi connectivity index (χ2v) is 8.28. The van der Waals surface area contributed by atoms with Gasteiger partial charge in [0.05, 0.1) is 0 Å². The summed E-state index contributed by atoms with van der Waals surface area (Å²) < 4.78 is 0. The first-order valence-electron chi connectivity index (χ1n) is 10.8. The first kappa shape index (κ1) is 19.7. The molecule has 2 N–H and O–H groups in total. The van der Waals surface area contributed by atoms with Crippen molar-refractivity contribution in [1.82, 2.24) is 5.32 Å². The number of hydrogen-bond donors (Lipinski definition) is 2. The molecule has 6 heteroatoms. The third-order valence-electron chi connectivity index (χ3n) is 5.98. The van der Waals surface area contributed by atoms with Crippen molar-refractivity contribution in [2.75, 3.05) is 23.3 Å². The Morgan fingerprint density at radius 3 is 2.66 bits per heavy atom. The molecule has 0 atom stereocenters. The zero-order chi connectivity index (χ0) is 20.2. The van der Waals surface area contributed by atoms with Crippen molar-refractivity contribution in [2.24, 2.45) is 5.92 Å². The van der Waals surface area contributed by atoms with Crippen LogP contribution < -0.4 is 15.5 Å². The molecule has 0 radical (unpaired) electrons. The quantitative estimate of drug-likeness (QED) is 0.593. The average molecular weight is 396 g/mol. The summed E-state index contributed by atoms with van der Waals surface area (Å²) in [7, 11) is 0.